The lowest BCUT2D eigenvalue weighted by Gasteiger charge is -2.16. The van der Waals surface area contributed by atoms with Crippen molar-refractivity contribution in [2.24, 2.45) is 0 Å². The van der Waals surface area contributed by atoms with Gasteiger partial charge in [-0.3, -0.25) is 14.4 Å². The Balaban J connectivity index is 1.84. The van der Waals surface area contributed by atoms with Gasteiger partial charge in [0.2, 0.25) is 11.8 Å². The topological polar surface area (TPSA) is 75.7 Å². The number of ether oxygens (including phenoxy) is 1. The molecule has 2 amide bonds. The van der Waals surface area contributed by atoms with Crippen molar-refractivity contribution < 1.29 is 19.1 Å². The Morgan fingerprint density at radius 2 is 2.17 bits per heavy atom. The van der Waals surface area contributed by atoms with E-state index in [0.29, 0.717) is 25.3 Å². The standard InChI is InChI=1S/C16H20N2O4S/c1-2-22-16(21)11-23-10-14(19)17-12-5-3-6-13(9-12)18-8-4-7-15(18)20/h3,5-6,9H,2,4,7-8,10-11H2,1H3,(H,17,19). The second-order valence-corrected chi connectivity index (χ2v) is 6.03. The van der Waals surface area contributed by atoms with E-state index in [4.69, 9.17) is 4.74 Å². The van der Waals surface area contributed by atoms with Crippen LogP contribution in [-0.4, -0.2) is 42.4 Å². The third-order valence-corrected chi connectivity index (χ3v) is 4.18. The molecule has 1 N–H and O–H groups in total. The third kappa shape index (κ3) is 5.28. The van der Waals surface area contributed by atoms with Gasteiger partial charge >= 0.3 is 5.97 Å². The number of nitrogens with zero attached hydrogens (tertiary/aromatic N) is 1. The molecule has 0 atom stereocenters. The lowest BCUT2D eigenvalue weighted by Crippen LogP contribution is -2.24. The van der Waals surface area contributed by atoms with Crippen molar-refractivity contribution in [2.75, 3.05) is 34.9 Å². The summed E-state index contributed by atoms with van der Waals surface area (Å²) in [5.41, 5.74) is 1.44. The molecule has 1 aliphatic heterocycles. The van der Waals surface area contributed by atoms with Gasteiger partial charge in [0, 0.05) is 24.3 Å². The van der Waals surface area contributed by atoms with Crippen LogP contribution in [0.5, 0.6) is 0 Å². The Labute approximate surface area is 139 Å². The molecule has 1 aliphatic rings. The van der Waals surface area contributed by atoms with Gasteiger partial charge in [-0.05, 0) is 31.5 Å². The smallest absolute Gasteiger partial charge is 0.315 e. The number of carbonyl (C=O) groups is 3. The normalized spacial score (nSPS) is 14.0. The second-order valence-electron chi connectivity index (χ2n) is 5.05. The van der Waals surface area contributed by atoms with Crippen LogP contribution in [0.4, 0.5) is 11.4 Å². The van der Waals surface area contributed by atoms with E-state index < -0.39 is 0 Å². The molecule has 6 nitrogen and oxygen atoms in total. The maximum atomic E-state index is 11.9. The predicted octanol–water partition coefficient (Wildman–Crippen LogP) is 2.05. The molecule has 1 saturated heterocycles. The van der Waals surface area contributed by atoms with E-state index in [2.05, 4.69) is 5.32 Å². The van der Waals surface area contributed by atoms with Crippen LogP contribution in [0.25, 0.3) is 0 Å². The van der Waals surface area contributed by atoms with Crippen LogP contribution < -0.4 is 10.2 Å². The molecule has 7 heteroatoms. The van der Waals surface area contributed by atoms with Gasteiger partial charge in [0.15, 0.2) is 0 Å². The Hall–Kier alpha value is -2.02. The number of benzene rings is 1. The van der Waals surface area contributed by atoms with Gasteiger partial charge in [-0.25, -0.2) is 0 Å². The lowest BCUT2D eigenvalue weighted by molar-refractivity contribution is -0.139. The molecule has 2 rings (SSSR count). The quantitative estimate of drug-likeness (QED) is 0.771. The van der Waals surface area contributed by atoms with E-state index in [-0.39, 0.29) is 29.3 Å². The molecule has 0 saturated carbocycles. The zero-order valence-corrected chi connectivity index (χ0v) is 13.9. The molecule has 0 aromatic heterocycles. The number of amides is 2. The average Bonchev–Trinajstić information content (AvgIpc) is 2.94. The highest BCUT2D eigenvalue weighted by molar-refractivity contribution is 8.00. The molecule has 1 aromatic rings. The van der Waals surface area contributed by atoms with Gasteiger partial charge in [-0.2, -0.15) is 0 Å². The molecule has 1 aromatic carbocycles. The minimum Gasteiger partial charge on any atom is -0.465 e. The molecule has 0 spiro atoms. The average molecular weight is 336 g/mol. The van der Waals surface area contributed by atoms with Gasteiger partial charge in [-0.15, -0.1) is 11.8 Å². The fourth-order valence-corrected chi connectivity index (χ4v) is 2.91. The summed E-state index contributed by atoms with van der Waals surface area (Å²) in [4.78, 5) is 36.6. The molecular weight excluding hydrogens is 316 g/mol. The number of esters is 1. The molecule has 0 bridgehead atoms. The van der Waals surface area contributed by atoms with Crippen molar-refractivity contribution in [3.8, 4) is 0 Å². The molecule has 124 valence electrons. The molecule has 0 unspecified atom stereocenters. The fourth-order valence-electron chi connectivity index (χ4n) is 2.30. The lowest BCUT2D eigenvalue weighted by atomic mass is 10.2. The first kappa shape index (κ1) is 17.3. The van der Waals surface area contributed by atoms with E-state index in [1.54, 1.807) is 24.0 Å². The van der Waals surface area contributed by atoms with Crippen molar-refractivity contribution in [2.45, 2.75) is 19.8 Å². The molecular formula is C16H20N2O4S. The van der Waals surface area contributed by atoms with E-state index in [1.165, 1.54) is 11.8 Å². The molecule has 0 radical (unpaired) electrons. The number of anilines is 2. The van der Waals surface area contributed by atoms with Crippen molar-refractivity contribution in [3.05, 3.63) is 24.3 Å². The SMILES string of the molecule is CCOC(=O)CSCC(=O)Nc1cccc(N2CCCC2=O)c1. The van der Waals surface area contributed by atoms with Crippen molar-refractivity contribution in [1.82, 2.24) is 0 Å². The molecule has 1 fully saturated rings. The van der Waals surface area contributed by atoms with E-state index in [0.717, 1.165) is 12.1 Å². The Bertz CT molecular complexity index is 591. The summed E-state index contributed by atoms with van der Waals surface area (Å²) in [6.07, 6.45) is 1.43. The molecule has 1 heterocycles. The maximum absolute atomic E-state index is 11.9. The van der Waals surface area contributed by atoms with Crippen LogP contribution in [0, 0.1) is 0 Å². The highest BCUT2D eigenvalue weighted by Gasteiger charge is 2.21. The van der Waals surface area contributed by atoms with Gasteiger partial charge < -0.3 is 15.0 Å². The largest absolute Gasteiger partial charge is 0.465 e. The van der Waals surface area contributed by atoms with Gasteiger partial charge in [0.1, 0.15) is 0 Å². The van der Waals surface area contributed by atoms with Crippen LogP contribution in [0.1, 0.15) is 19.8 Å². The minimum atomic E-state index is -0.320. The summed E-state index contributed by atoms with van der Waals surface area (Å²) in [6, 6.07) is 7.23. The van der Waals surface area contributed by atoms with E-state index in [9.17, 15) is 14.4 Å². The molecule has 0 aliphatic carbocycles. The number of rotatable bonds is 7. The summed E-state index contributed by atoms with van der Waals surface area (Å²) in [5.74, 6) is -0.0718. The fraction of sp³-hybridized carbons (Fsp3) is 0.438. The Morgan fingerprint density at radius 3 is 2.87 bits per heavy atom. The van der Waals surface area contributed by atoms with Gasteiger partial charge in [-0.1, -0.05) is 6.07 Å². The van der Waals surface area contributed by atoms with Gasteiger partial charge in [0.05, 0.1) is 18.1 Å². The number of thioether (sulfide) groups is 1. The highest BCUT2D eigenvalue weighted by Crippen LogP contribution is 2.24. The Morgan fingerprint density at radius 1 is 1.35 bits per heavy atom. The first-order chi connectivity index (χ1) is 11.1. The number of nitrogens with one attached hydrogen (secondary N) is 1. The van der Waals surface area contributed by atoms with E-state index in [1.807, 2.05) is 12.1 Å². The van der Waals surface area contributed by atoms with Crippen LogP contribution in [-0.2, 0) is 19.1 Å². The first-order valence-electron chi connectivity index (χ1n) is 7.54. The third-order valence-electron chi connectivity index (χ3n) is 3.27. The Kier molecular flexibility index (Phi) is 6.46. The van der Waals surface area contributed by atoms with Crippen molar-refractivity contribution in [3.63, 3.8) is 0 Å². The number of carbonyl (C=O) groups excluding carboxylic acids is 3. The minimum absolute atomic E-state index is 0.110. The first-order valence-corrected chi connectivity index (χ1v) is 8.69. The maximum Gasteiger partial charge on any atom is 0.315 e. The highest BCUT2D eigenvalue weighted by atomic mass is 32.2. The van der Waals surface area contributed by atoms with Gasteiger partial charge in [0.25, 0.3) is 0 Å². The summed E-state index contributed by atoms with van der Waals surface area (Å²) in [5, 5.41) is 2.78. The van der Waals surface area contributed by atoms with Crippen molar-refractivity contribution in [1.29, 1.82) is 0 Å². The van der Waals surface area contributed by atoms with Crippen molar-refractivity contribution >= 4 is 40.9 Å². The monoisotopic (exact) mass is 336 g/mol. The predicted molar refractivity (Wildman–Crippen MR) is 90.6 cm³/mol. The number of hydrogen-bond acceptors (Lipinski definition) is 5. The van der Waals surface area contributed by atoms with Crippen LogP contribution in [0.2, 0.25) is 0 Å². The molecule has 23 heavy (non-hydrogen) atoms. The van der Waals surface area contributed by atoms with Crippen LogP contribution in [0.15, 0.2) is 24.3 Å². The number of hydrogen-bond donors (Lipinski definition) is 1. The van der Waals surface area contributed by atoms with E-state index >= 15 is 0 Å². The summed E-state index contributed by atoms with van der Waals surface area (Å²) in [6.45, 7) is 2.80. The van der Waals surface area contributed by atoms with Crippen LogP contribution >= 0.6 is 11.8 Å². The zero-order valence-electron chi connectivity index (χ0n) is 13.0. The summed E-state index contributed by atoms with van der Waals surface area (Å²) >= 11 is 1.21. The summed E-state index contributed by atoms with van der Waals surface area (Å²) in [7, 11) is 0. The zero-order chi connectivity index (χ0) is 16.7. The summed E-state index contributed by atoms with van der Waals surface area (Å²) < 4.78 is 4.80. The van der Waals surface area contributed by atoms with Crippen LogP contribution in [0.3, 0.4) is 0 Å². The second kappa shape index (κ2) is 8.57.